The molecule has 0 spiro atoms. The van der Waals surface area contributed by atoms with E-state index in [1.165, 1.54) is 56.1 Å². The Morgan fingerprint density at radius 3 is 1.77 bits per heavy atom. The SMILES string of the molecule is CC1(C)c2ccccc2C(C)(C)N1OC1CCCCCCC1. The minimum atomic E-state index is -0.0670. The minimum absolute atomic E-state index is 0.0670. The van der Waals surface area contributed by atoms with Crippen molar-refractivity contribution in [3.63, 3.8) is 0 Å². The lowest BCUT2D eigenvalue weighted by Crippen LogP contribution is -2.47. The van der Waals surface area contributed by atoms with Gasteiger partial charge in [0, 0.05) is 0 Å². The summed E-state index contributed by atoms with van der Waals surface area (Å²) in [6.45, 7) is 9.18. The summed E-state index contributed by atoms with van der Waals surface area (Å²) in [6.07, 6.45) is 9.56. The predicted molar refractivity (Wildman–Crippen MR) is 91.5 cm³/mol. The molecule has 0 N–H and O–H groups in total. The van der Waals surface area contributed by atoms with Gasteiger partial charge in [-0.3, -0.25) is 4.84 Å². The molecule has 0 radical (unpaired) electrons. The zero-order valence-corrected chi connectivity index (χ0v) is 14.7. The second-order valence-corrected chi connectivity index (χ2v) is 8.03. The first kappa shape index (κ1) is 16.0. The summed E-state index contributed by atoms with van der Waals surface area (Å²) in [4.78, 5) is 6.63. The van der Waals surface area contributed by atoms with Gasteiger partial charge in [0.2, 0.25) is 0 Å². The molecule has 1 saturated carbocycles. The molecule has 2 aliphatic rings. The lowest BCUT2D eigenvalue weighted by Gasteiger charge is -2.42. The zero-order valence-electron chi connectivity index (χ0n) is 14.7. The number of benzene rings is 1. The molecule has 1 aromatic rings. The highest BCUT2D eigenvalue weighted by Crippen LogP contribution is 2.50. The summed E-state index contributed by atoms with van der Waals surface area (Å²) in [5.74, 6) is 0. The standard InChI is InChI=1S/C20H31NO/c1-19(2)17-14-10-11-15-18(17)20(3,4)21(19)22-16-12-8-6-5-7-9-13-16/h10-11,14-16H,5-9,12-13H2,1-4H3. The largest absolute Gasteiger partial charge is 0.294 e. The average Bonchev–Trinajstić information content (AvgIpc) is 2.59. The van der Waals surface area contributed by atoms with Crippen LogP contribution in [-0.4, -0.2) is 11.2 Å². The Morgan fingerprint density at radius 1 is 0.818 bits per heavy atom. The lowest BCUT2D eigenvalue weighted by molar-refractivity contribution is -0.290. The third-order valence-corrected chi connectivity index (χ3v) is 5.57. The van der Waals surface area contributed by atoms with E-state index in [2.05, 4.69) is 57.0 Å². The number of fused-ring (bicyclic) bond motifs is 1. The molecule has 2 nitrogen and oxygen atoms in total. The second kappa shape index (κ2) is 5.98. The van der Waals surface area contributed by atoms with Crippen molar-refractivity contribution in [2.75, 3.05) is 0 Å². The van der Waals surface area contributed by atoms with Gasteiger partial charge in [0.25, 0.3) is 0 Å². The van der Waals surface area contributed by atoms with Crippen LogP contribution < -0.4 is 0 Å². The van der Waals surface area contributed by atoms with Gasteiger partial charge in [-0.1, -0.05) is 56.4 Å². The van der Waals surface area contributed by atoms with E-state index >= 15 is 0 Å². The van der Waals surface area contributed by atoms with Crippen LogP contribution in [0.1, 0.15) is 83.8 Å². The van der Waals surface area contributed by atoms with E-state index in [0.717, 1.165) is 0 Å². The summed E-state index contributed by atoms with van der Waals surface area (Å²) in [5, 5.41) is 2.29. The van der Waals surface area contributed by atoms with Crippen LogP contribution in [0.3, 0.4) is 0 Å². The Kier molecular flexibility index (Phi) is 4.35. The van der Waals surface area contributed by atoms with Crippen LogP contribution in [0.5, 0.6) is 0 Å². The number of nitrogens with zero attached hydrogens (tertiary/aromatic N) is 1. The molecule has 1 aromatic carbocycles. The molecule has 1 aliphatic heterocycles. The monoisotopic (exact) mass is 301 g/mol. The summed E-state index contributed by atoms with van der Waals surface area (Å²) >= 11 is 0. The van der Waals surface area contributed by atoms with Gasteiger partial charge in [-0.15, -0.1) is 0 Å². The van der Waals surface area contributed by atoms with Gasteiger partial charge in [-0.25, -0.2) is 0 Å². The third-order valence-electron chi connectivity index (χ3n) is 5.57. The first-order valence-electron chi connectivity index (χ1n) is 9.01. The Hall–Kier alpha value is -0.860. The maximum absolute atomic E-state index is 6.63. The molecule has 0 bridgehead atoms. The van der Waals surface area contributed by atoms with Crippen molar-refractivity contribution in [3.05, 3.63) is 35.4 Å². The summed E-state index contributed by atoms with van der Waals surface area (Å²) in [7, 11) is 0. The first-order valence-corrected chi connectivity index (χ1v) is 9.01. The Balaban J connectivity index is 1.84. The molecule has 0 aromatic heterocycles. The van der Waals surface area contributed by atoms with Gasteiger partial charge < -0.3 is 0 Å². The van der Waals surface area contributed by atoms with Crippen molar-refractivity contribution in [2.24, 2.45) is 0 Å². The maximum Gasteiger partial charge on any atom is 0.0794 e. The molecule has 22 heavy (non-hydrogen) atoms. The van der Waals surface area contributed by atoms with Crippen LogP contribution in [0.2, 0.25) is 0 Å². The Labute approximate surface area is 135 Å². The van der Waals surface area contributed by atoms with Crippen LogP contribution in [0.4, 0.5) is 0 Å². The maximum atomic E-state index is 6.63. The molecule has 1 fully saturated rings. The van der Waals surface area contributed by atoms with Crippen LogP contribution in [-0.2, 0) is 15.9 Å². The first-order chi connectivity index (χ1) is 10.4. The highest BCUT2D eigenvalue weighted by molar-refractivity contribution is 5.42. The van der Waals surface area contributed by atoms with E-state index in [1.54, 1.807) is 0 Å². The number of hydroxylamine groups is 2. The predicted octanol–water partition coefficient (Wildman–Crippen LogP) is 5.52. The van der Waals surface area contributed by atoms with E-state index in [4.69, 9.17) is 4.84 Å². The Bertz CT molecular complexity index is 477. The van der Waals surface area contributed by atoms with Crippen molar-refractivity contribution < 1.29 is 4.84 Å². The zero-order chi connectivity index (χ0) is 15.8. The molecule has 122 valence electrons. The molecule has 0 unspecified atom stereocenters. The topological polar surface area (TPSA) is 12.5 Å². The molecule has 0 saturated heterocycles. The van der Waals surface area contributed by atoms with Gasteiger partial charge in [-0.2, -0.15) is 5.06 Å². The fourth-order valence-corrected chi connectivity index (χ4v) is 4.40. The van der Waals surface area contributed by atoms with E-state index in [0.29, 0.717) is 6.10 Å². The smallest absolute Gasteiger partial charge is 0.0794 e. The van der Waals surface area contributed by atoms with E-state index < -0.39 is 0 Å². The number of hydrogen-bond acceptors (Lipinski definition) is 2. The van der Waals surface area contributed by atoms with Crippen LogP contribution in [0, 0.1) is 0 Å². The highest BCUT2D eigenvalue weighted by atomic mass is 16.7. The molecular weight excluding hydrogens is 270 g/mol. The van der Waals surface area contributed by atoms with E-state index in [9.17, 15) is 0 Å². The van der Waals surface area contributed by atoms with Crippen LogP contribution in [0.25, 0.3) is 0 Å². The van der Waals surface area contributed by atoms with Gasteiger partial charge in [0.15, 0.2) is 0 Å². The molecule has 3 rings (SSSR count). The van der Waals surface area contributed by atoms with Crippen molar-refractivity contribution in [2.45, 2.75) is 89.8 Å². The lowest BCUT2D eigenvalue weighted by atomic mass is 9.91. The molecule has 2 heteroatoms. The number of rotatable bonds is 2. The van der Waals surface area contributed by atoms with Crippen molar-refractivity contribution in [3.8, 4) is 0 Å². The molecule has 0 amide bonds. The fraction of sp³-hybridized carbons (Fsp3) is 0.700. The van der Waals surface area contributed by atoms with Gasteiger partial charge in [-0.05, 0) is 51.7 Å². The van der Waals surface area contributed by atoms with Gasteiger partial charge >= 0.3 is 0 Å². The summed E-state index contributed by atoms with van der Waals surface area (Å²) < 4.78 is 0. The van der Waals surface area contributed by atoms with E-state index in [1.807, 2.05) is 0 Å². The van der Waals surface area contributed by atoms with Crippen molar-refractivity contribution >= 4 is 0 Å². The van der Waals surface area contributed by atoms with Crippen LogP contribution >= 0.6 is 0 Å². The highest BCUT2D eigenvalue weighted by Gasteiger charge is 2.50. The minimum Gasteiger partial charge on any atom is -0.294 e. The fourth-order valence-electron chi connectivity index (χ4n) is 4.40. The van der Waals surface area contributed by atoms with Crippen molar-refractivity contribution in [1.82, 2.24) is 5.06 Å². The normalized spacial score (nSPS) is 25.5. The van der Waals surface area contributed by atoms with Gasteiger partial charge in [0.05, 0.1) is 17.2 Å². The summed E-state index contributed by atoms with van der Waals surface area (Å²) in [5.41, 5.74) is 2.68. The molecule has 1 aliphatic carbocycles. The summed E-state index contributed by atoms with van der Waals surface area (Å²) in [6, 6.07) is 8.82. The molecule has 0 atom stereocenters. The van der Waals surface area contributed by atoms with Crippen molar-refractivity contribution in [1.29, 1.82) is 0 Å². The Morgan fingerprint density at radius 2 is 1.27 bits per heavy atom. The second-order valence-electron chi connectivity index (χ2n) is 8.03. The third kappa shape index (κ3) is 2.72. The quantitative estimate of drug-likeness (QED) is 0.713. The molecular formula is C20H31NO. The van der Waals surface area contributed by atoms with Gasteiger partial charge in [0.1, 0.15) is 0 Å². The number of hydrogen-bond donors (Lipinski definition) is 0. The van der Waals surface area contributed by atoms with Crippen LogP contribution in [0.15, 0.2) is 24.3 Å². The molecule has 1 heterocycles. The van der Waals surface area contributed by atoms with E-state index in [-0.39, 0.29) is 11.1 Å². The average molecular weight is 301 g/mol.